The summed E-state index contributed by atoms with van der Waals surface area (Å²) in [5, 5.41) is 11.2. The first-order chi connectivity index (χ1) is 13.6. The highest BCUT2D eigenvalue weighted by Crippen LogP contribution is 2.69. The summed E-state index contributed by atoms with van der Waals surface area (Å²) >= 11 is 0. The molecule has 0 aromatic heterocycles. The highest BCUT2D eigenvalue weighted by atomic mass is 19.1. The molecular weight excluding hydrogens is 371 g/mol. The third-order valence-electron chi connectivity index (χ3n) is 8.39. The number of allylic oxidation sites excluding steroid dienone is 5. The molecule has 4 aliphatic rings. The number of halogens is 1. The van der Waals surface area contributed by atoms with Gasteiger partial charge in [-0.1, -0.05) is 31.1 Å². The quantitative estimate of drug-likeness (QED) is 0.558. The van der Waals surface area contributed by atoms with Crippen LogP contribution < -0.4 is 0 Å². The van der Waals surface area contributed by atoms with Crippen molar-refractivity contribution < 1.29 is 23.8 Å². The lowest BCUT2D eigenvalue weighted by Crippen LogP contribution is -2.66. The topological polar surface area (TPSA) is 63.6 Å². The predicted molar refractivity (Wildman–Crippen MR) is 108 cm³/mol. The SMILES string of the molecule is CCOC(=O)C=C1[C@@H](C)C[C@H]2[C@@H]3CCC4=CC(=O)C=C[C@]4(C)[C@@]3(F)[C@@H](O)C[C@]12C. The number of ketones is 1. The van der Waals surface area contributed by atoms with Gasteiger partial charge < -0.3 is 9.84 Å². The van der Waals surface area contributed by atoms with Gasteiger partial charge in [0, 0.05) is 17.4 Å². The van der Waals surface area contributed by atoms with Crippen molar-refractivity contribution in [2.45, 2.75) is 65.2 Å². The van der Waals surface area contributed by atoms with E-state index in [-0.39, 0.29) is 35.9 Å². The fourth-order valence-corrected chi connectivity index (χ4v) is 7.02. The molecule has 0 heterocycles. The highest BCUT2D eigenvalue weighted by molar-refractivity contribution is 6.01. The van der Waals surface area contributed by atoms with Gasteiger partial charge in [0.2, 0.25) is 0 Å². The van der Waals surface area contributed by atoms with Crippen molar-refractivity contribution in [3.05, 3.63) is 35.5 Å². The summed E-state index contributed by atoms with van der Waals surface area (Å²) < 4.78 is 22.1. The highest BCUT2D eigenvalue weighted by Gasteiger charge is 2.70. The summed E-state index contributed by atoms with van der Waals surface area (Å²) in [7, 11) is 0. The standard InChI is InChI=1S/C24H31FO4/c1-5-29-21(28)12-18-14(2)10-19-17-7-6-15-11-16(26)8-9-23(15,4)24(17,25)20(27)13-22(18,19)3/h8-9,11-12,14,17,19-20,27H,5-7,10,13H2,1-4H3/t14-,17-,19-,20-,22+,23-,24-/m0/s1. The number of carbonyl (C=O) groups excluding carboxylic acids is 2. The van der Waals surface area contributed by atoms with Crippen molar-refractivity contribution in [1.29, 1.82) is 0 Å². The Morgan fingerprint density at radius 3 is 2.79 bits per heavy atom. The minimum absolute atomic E-state index is 0.0379. The molecule has 0 spiro atoms. The van der Waals surface area contributed by atoms with Gasteiger partial charge in [0.15, 0.2) is 11.5 Å². The van der Waals surface area contributed by atoms with Crippen LogP contribution in [0.4, 0.5) is 4.39 Å². The van der Waals surface area contributed by atoms with Crippen LogP contribution in [0.5, 0.6) is 0 Å². The molecule has 3 fully saturated rings. The molecule has 5 heteroatoms. The Morgan fingerprint density at radius 2 is 2.10 bits per heavy atom. The molecule has 4 aliphatic carbocycles. The Hall–Kier alpha value is -1.75. The Labute approximate surface area is 171 Å². The van der Waals surface area contributed by atoms with Crippen LogP contribution in [0, 0.1) is 28.6 Å². The molecule has 3 saturated carbocycles. The van der Waals surface area contributed by atoms with E-state index in [1.54, 1.807) is 25.2 Å². The minimum atomic E-state index is -1.82. The van der Waals surface area contributed by atoms with E-state index in [0.717, 1.165) is 17.6 Å². The second kappa shape index (κ2) is 6.63. The van der Waals surface area contributed by atoms with Gasteiger partial charge in [-0.15, -0.1) is 0 Å². The maximum Gasteiger partial charge on any atom is 0.330 e. The van der Waals surface area contributed by atoms with Crippen LogP contribution in [0.1, 0.15) is 53.4 Å². The fourth-order valence-electron chi connectivity index (χ4n) is 7.02. The van der Waals surface area contributed by atoms with E-state index in [4.69, 9.17) is 4.74 Å². The zero-order chi connectivity index (χ0) is 21.2. The normalized spacial score (nSPS) is 47.3. The summed E-state index contributed by atoms with van der Waals surface area (Å²) in [6, 6.07) is 0. The van der Waals surface area contributed by atoms with Crippen LogP contribution in [-0.4, -0.2) is 35.2 Å². The first kappa shape index (κ1) is 20.5. The first-order valence-corrected chi connectivity index (χ1v) is 10.8. The average molecular weight is 403 g/mol. The lowest BCUT2D eigenvalue weighted by atomic mass is 9.45. The smallest absolute Gasteiger partial charge is 0.330 e. The summed E-state index contributed by atoms with van der Waals surface area (Å²) in [6.07, 6.45) is 7.42. The van der Waals surface area contributed by atoms with Crippen LogP contribution >= 0.6 is 0 Å². The maximum absolute atomic E-state index is 16.9. The van der Waals surface area contributed by atoms with Gasteiger partial charge in [0.1, 0.15) is 0 Å². The van der Waals surface area contributed by atoms with E-state index in [9.17, 15) is 14.7 Å². The Balaban J connectivity index is 1.77. The number of esters is 1. The number of hydrogen-bond donors (Lipinski definition) is 1. The van der Waals surface area contributed by atoms with Crippen molar-refractivity contribution in [1.82, 2.24) is 0 Å². The van der Waals surface area contributed by atoms with E-state index in [1.165, 1.54) is 6.08 Å². The molecule has 158 valence electrons. The third-order valence-corrected chi connectivity index (χ3v) is 8.39. The molecule has 7 atom stereocenters. The van der Waals surface area contributed by atoms with E-state index in [1.807, 2.05) is 6.92 Å². The molecule has 29 heavy (non-hydrogen) atoms. The molecule has 1 N–H and O–H groups in total. The molecule has 0 aromatic carbocycles. The second-order valence-electron chi connectivity index (χ2n) is 9.75. The lowest BCUT2D eigenvalue weighted by Gasteiger charge is -2.61. The number of carbonyl (C=O) groups is 2. The molecule has 0 unspecified atom stereocenters. The van der Waals surface area contributed by atoms with Crippen LogP contribution in [0.15, 0.2) is 35.5 Å². The number of aliphatic hydroxyl groups is 1. The molecule has 4 rings (SSSR count). The van der Waals surface area contributed by atoms with Crippen LogP contribution in [-0.2, 0) is 14.3 Å². The number of fused-ring (bicyclic) bond motifs is 5. The molecule has 0 bridgehead atoms. The number of aliphatic hydroxyl groups excluding tert-OH is 1. The van der Waals surface area contributed by atoms with Gasteiger partial charge in [0.05, 0.1) is 12.7 Å². The van der Waals surface area contributed by atoms with E-state index in [2.05, 4.69) is 13.8 Å². The van der Waals surface area contributed by atoms with E-state index >= 15 is 4.39 Å². The van der Waals surface area contributed by atoms with Crippen LogP contribution in [0.3, 0.4) is 0 Å². The van der Waals surface area contributed by atoms with Gasteiger partial charge in [-0.05, 0) is 68.9 Å². The zero-order valence-electron chi connectivity index (χ0n) is 17.7. The van der Waals surface area contributed by atoms with Crippen LogP contribution in [0.2, 0.25) is 0 Å². The molecular formula is C24H31FO4. The third kappa shape index (κ3) is 2.66. The molecule has 4 nitrogen and oxygen atoms in total. The van der Waals surface area contributed by atoms with Crippen molar-refractivity contribution in [2.75, 3.05) is 6.61 Å². The first-order valence-electron chi connectivity index (χ1n) is 10.8. The summed E-state index contributed by atoms with van der Waals surface area (Å²) in [6.45, 7) is 8.07. The number of alkyl halides is 1. The second-order valence-corrected chi connectivity index (χ2v) is 9.75. The Kier molecular flexibility index (Phi) is 4.69. The van der Waals surface area contributed by atoms with Gasteiger partial charge in [0.25, 0.3) is 0 Å². The Morgan fingerprint density at radius 1 is 1.38 bits per heavy atom. The van der Waals surface area contributed by atoms with Gasteiger partial charge in [-0.25, -0.2) is 9.18 Å². The molecule has 0 aromatic rings. The van der Waals surface area contributed by atoms with Crippen LogP contribution in [0.25, 0.3) is 0 Å². The van der Waals surface area contributed by atoms with Gasteiger partial charge >= 0.3 is 5.97 Å². The summed E-state index contributed by atoms with van der Waals surface area (Å²) in [4.78, 5) is 24.1. The summed E-state index contributed by atoms with van der Waals surface area (Å²) in [5.41, 5.74) is -1.46. The fraction of sp³-hybridized carbons (Fsp3) is 0.667. The predicted octanol–water partition coefficient (Wildman–Crippen LogP) is 4.09. The van der Waals surface area contributed by atoms with Crippen molar-refractivity contribution in [3.63, 3.8) is 0 Å². The monoisotopic (exact) mass is 402 g/mol. The number of hydrogen-bond acceptors (Lipinski definition) is 4. The summed E-state index contributed by atoms with van der Waals surface area (Å²) in [5.74, 6) is -0.624. The number of ether oxygens (including phenoxy) is 1. The minimum Gasteiger partial charge on any atom is -0.463 e. The van der Waals surface area contributed by atoms with Crippen molar-refractivity contribution in [3.8, 4) is 0 Å². The molecule has 0 radical (unpaired) electrons. The van der Waals surface area contributed by atoms with Crippen molar-refractivity contribution >= 4 is 11.8 Å². The largest absolute Gasteiger partial charge is 0.463 e. The molecule has 0 saturated heterocycles. The Bertz CT molecular complexity index is 842. The van der Waals surface area contributed by atoms with Gasteiger partial charge in [-0.3, -0.25) is 4.79 Å². The van der Waals surface area contributed by atoms with Crippen molar-refractivity contribution in [2.24, 2.45) is 28.6 Å². The zero-order valence-corrected chi connectivity index (χ0v) is 17.7. The van der Waals surface area contributed by atoms with E-state index < -0.39 is 22.6 Å². The number of rotatable bonds is 2. The lowest BCUT2D eigenvalue weighted by molar-refractivity contribution is -0.183. The average Bonchev–Trinajstić information content (AvgIpc) is 2.88. The molecule has 0 aliphatic heterocycles. The van der Waals surface area contributed by atoms with E-state index in [0.29, 0.717) is 19.4 Å². The maximum atomic E-state index is 16.9. The van der Waals surface area contributed by atoms with Gasteiger partial charge in [-0.2, -0.15) is 0 Å². The molecule has 0 amide bonds.